The largest absolute Gasteiger partial charge is 0.481 e. The predicted octanol–water partition coefficient (Wildman–Crippen LogP) is 4.90. The lowest BCUT2D eigenvalue weighted by Crippen LogP contribution is -2.22. The minimum Gasteiger partial charge on any atom is -0.481 e. The van der Waals surface area contributed by atoms with Crippen molar-refractivity contribution in [2.75, 3.05) is 14.1 Å². The summed E-state index contributed by atoms with van der Waals surface area (Å²) >= 11 is 1.49. The number of aromatic nitrogens is 2. The molecule has 1 amide bonds. The van der Waals surface area contributed by atoms with Gasteiger partial charge < -0.3 is 10.0 Å². The number of thiazole rings is 1. The van der Waals surface area contributed by atoms with Crippen LogP contribution >= 0.6 is 11.3 Å². The van der Waals surface area contributed by atoms with E-state index in [1.165, 1.54) is 40.3 Å². The molecule has 1 atom stereocenters. The number of carbonyl (C=O) groups is 2. The maximum absolute atomic E-state index is 12.4. The van der Waals surface area contributed by atoms with Crippen LogP contribution in [0.1, 0.15) is 75.2 Å². The second-order valence-electron chi connectivity index (χ2n) is 9.12. The van der Waals surface area contributed by atoms with Crippen molar-refractivity contribution in [2.24, 2.45) is 0 Å². The van der Waals surface area contributed by atoms with Crippen molar-refractivity contribution in [3.05, 3.63) is 80.6 Å². The lowest BCUT2D eigenvalue weighted by atomic mass is 9.94. The summed E-state index contributed by atoms with van der Waals surface area (Å²) < 4.78 is 0. The smallest absolute Gasteiger partial charge is 0.304 e. The number of rotatable bonds is 9. The Bertz CT molecular complexity index is 1170. The average molecular weight is 478 g/mol. The molecule has 0 spiro atoms. The van der Waals surface area contributed by atoms with Crippen LogP contribution in [0.15, 0.2) is 41.8 Å². The molecule has 178 valence electrons. The molecule has 4 rings (SSSR count). The zero-order chi connectivity index (χ0) is 24.1. The first-order valence-corrected chi connectivity index (χ1v) is 12.7. The third-order valence-corrected chi connectivity index (χ3v) is 7.30. The van der Waals surface area contributed by atoms with E-state index in [4.69, 9.17) is 9.97 Å². The first kappa shape index (κ1) is 24.1. The van der Waals surface area contributed by atoms with Crippen molar-refractivity contribution in [2.45, 2.75) is 57.3 Å². The van der Waals surface area contributed by atoms with Gasteiger partial charge >= 0.3 is 5.97 Å². The van der Waals surface area contributed by atoms with Crippen molar-refractivity contribution in [3.63, 3.8) is 0 Å². The van der Waals surface area contributed by atoms with Gasteiger partial charge in [0, 0.05) is 42.3 Å². The van der Waals surface area contributed by atoms with Crippen molar-refractivity contribution in [1.29, 1.82) is 0 Å². The highest BCUT2D eigenvalue weighted by Crippen LogP contribution is 2.31. The van der Waals surface area contributed by atoms with Crippen molar-refractivity contribution < 1.29 is 14.7 Å². The molecule has 34 heavy (non-hydrogen) atoms. The number of aliphatic carboxylic acids is 1. The molecular formula is C27H31N3O3S. The average Bonchev–Trinajstić information content (AvgIpc) is 3.30. The van der Waals surface area contributed by atoms with Crippen LogP contribution in [0.25, 0.3) is 0 Å². The van der Waals surface area contributed by atoms with E-state index >= 15 is 0 Å². The van der Waals surface area contributed by atoms with E-state index < -0.39 is 5.97 Å². The summed E-state index contributed by atoms with van der Waals surface area (Å²) in [5, 5.41) is 12.3. The van der Waals surface area contributed by atoms with E-state index in [2.05, 4.69) is 12.1 Å². The Morgan fingerprint density at radius 2 is 1.85 bits per heavy atom. The Hall–Kier alpha value is -3.06. The minimum atomic E-state index is -0.885. The topological polar surface area (TPSA) is 83.4 Å². The molecule has 0 radical (unpaired) electrons. The van der Waals surface area contributed by atoms with E-state index in [1.807, 2.05) is 11.4 Å². The molecule has 0 bridgehead atoms. The fraction of sp³-hybridized carbons (Fsp3) is 0.407. The van der Waals surface area contributed by atoms with Gasteiger partial charge in [-0.15, -0.1) is 11.3 Å². The van der Waals surface area contributed by atoms with Crippen LogP contribution in [0.2, 0.25) is 0 Å². The van der Waals surface area contributed by atoms with Crippen molar-refractivity contribution in [3.8, 4) is 0 Å². The fourth-order valence-corrected chi connectivity index (χ4v) is 5.46. The predicted molar refractivity (Wildman–Crippen MR) is 134 cm³/mol. The van der Waals surface area contributed by atoms with Gasteiger partial charge in [0.1, 0.15) is 5.01 Å². The van der Waals surface area contributed by atoms with E-state index in [-0.39, 0.29) is 18.2 Å². The molecule has 6 nitrogen and oxygen atoms in total. The van der Waals surface area contributed by atoms with Crippen LogP contribution in [0.5, 0.6) is 0 Å². The summed E-state index contributed by atoms with van der Waals surface area (Å²) in [7, 11) is 3.41. The van der Waals surface area contributed by atoms with Gasteiger partial charge in [-0.3, -0.25) is 14.6 Å². The highest BCUT2D eigenvalue weighted by molar-refractivity contribution is 7.09. The Morgan fingerprint density at radius 3 is 2.65 bits per heavy atom. The molecule has 7 heteroatoms. The number of carboxylic acids is 1. The molecule has 0 fully saturated rings. The van der Waals surface area contributed by atoms with Gasteiger partial charge in [-0.2, -0.15) is 0 Å². The molecule has 1 aromatic carbocycles. The van der Waals surface area contributed by atoms with Crippen molar-refractivity contribution >= 4 is 23.2 Å². The van der Waals surface area contributed by atoms with Crippen LogP contribution < -0.4 is 0 Å². The number of nitrogens with zero attached hydrogens (tertiary/aromatic N) is 3. The molecule has 0 saturated carbocycles. The highest BCUT2D eigenvalue weighted by atomic mass is 32.1. The molecule has 1 aliphatic carbocycles. The Labute approximate surface area is 204 Å². The number of benzene rings is 1. The summed E-state index contributed by atoms with van der Waals surface area (Å²) in [4.78, 5) is 35.2. The molecule has 3 aromatic rings. The number of pyridine rings is 1. The standard InChI is InChI=1S/C27H31N3O3S/c1-30(2)27(33)20-9-5-8-19(15-20)23(16-25(31)32)26-29-22(17-34-26)11-6-10-21-14-13-18-7-3-4-12-24(18)28-21/h5,8-9,13-15,17,23H,3-4,6-7,10-12,16H2,1-2H3,(H,31,32). The third kappa shape index (κ3) is 5.89. The summed E-state index contributed by atoms with van der Waals surface area (Å²) in [6.07, 6.45) is 7.35. The maximum atomic E-state index is 12.4. The number of amides is 1. The quantitative estimate of drug-likeness (QED) is 0.474. The van der Waals surface area contributed by atoms with Gasteiger partial charge in [0.2, 0.25) is 0 Å². The highest BCUT2D eigenvalue weighted by Gasteiger charge is 2.23. The number of carbonyl (C=O) groups excluding carboxylic acids is 1. The van der Waals surface area contributed by atoms with Gasteiger partial charge in [0.25, 0.3) is 5.91 Å². The third-order valence-electron chi connectivity index (χ3n) is 6.29. The normalized spacial score (nSPS) is 13.8. The monoisotopic (exact) mass is 477 g/mol. The first-order chi connectivity index (χ1) is 16.4. The lowest BCUT2D eigenvalue weighted by Gasteiger charge is -2.16. The molecule has 2 heterocycles. The van der Waals surface area contributed by atoms with Crippen LogP contribution in [0.3, 0.4) is 0 Å². The summed E-state index contributed by atoms with van der Waals surface area (Å²) in [6.45, 7) is 0. The second kappa shape index (κ2) is 10.9. The lowest BCUT2D eigenvalue weighted by molar-refractivity contribution is -0.137. The molecule has 0 aliphatic heterocycles. The van der Waals surface area contributed by atoms with Gasteiger partial charge in [-0.1, -0.05) is 18.2 Å². The zero-order valence-electron chi connectivity index (χ0n) is 19.8. The van der Waals surface area contributed by atoms with E-state index in [0.29, 0.717) is 5.56 Å². The Balaban J connectivity index is 1.44. The molecule has 0 saturated heterocycles. The zero-order valence-corrected chi connectivity index (χ0v) is 20.6. The first-order valence-electron chi connectivity index (χ1n) is 11.9. The summed E-state index contributed by atoms with van der Waals surface area (Å²) in [6, 6.07) is 11.6. The van der Waals surface area contributed by atoms with Crippen LogP contribution in [0.4, 0.5) is 0 Å². The van der Waals surface area contributed by atoms with Crippen LogP contribution in [0, 0.1) is 0 Å². The molecule has 2 aromatic heterocycles. The summed E-state index contributed by atoms with van der Waals surface area (Å²) in [5.41, 5.74) is 6.14. The van der Waals surface area contributed by atoms with Crippen LogP contribution in [-0.4, -0.2) is 45.9 Å². The molecule has 1 aliphatic rings. The Kier molecular flexibility index (Phi) is 7.73. The number of aryl methyl sites for hydroxylation is 4. The van der Waals surface area contributed by atoms with Gasteiger partial charge in [-0.25, -0.2) is 4.98 Å². The summed E-state index contributed by atoms with van der Waals surface area (Å²) in [5.74, 6) is -1.37. The second-order valence-corrected chi connectivity index (χ2v) is 10.0. The number of fused-ring (bicyclic) bond motifs is 1. The van der Waals surface area contributed by atoms with Gasteiger partial charge in [-0.05, 0) is 74.3 Å². The van der Waals surface area contributed by atoms with E-state index in [0.717, 1.165) is 54.1 Å². The van der Waals surface area contributed by atoms with Crippen molar-refractivity contribution in [1.82, 2.24) is 14.9 Å². The van der Waals surface area contributed by atoms with Gasteiger partial charge in [0.05, 0.1) is 12.1 Å². The number of hydrogen-bond acceptors (Lipinski definition) is 5. The molecule has 1 N–H and O–H groups in total. The number of hydrogen-bond donors (Lipinski definition) is 1. The maximum Gasteiger partial charge on any atom is 0.304 e. The van der Waals surface area contributed by atoms with Crippen LogP contribution in [-0.2, 0) is 30.5 Å². The van der Waals surface area contributed by atoms with Gasteiger partial charge in [0.15, 0.2) is 0 Å². The Morgan fingerprint density at radius 1 is 1.06 bits per heavy atom. The SMILES string of the molecule is CN(C)C(=O)c1cccc(C(CC(=O)O)c2nc(CCCc3ccc4c(n3)CCCC4)cs2)c1. The molecule has 1 unspecified atom stereocenters. The minimum absolute atomic E-state index is 0.0639. The fourth-order valence-electron chi connectivity index (χ4n) is 4.48. The van der Waals surface area contributed by atoms with E-state index in [1.54, 1.807) is 32.3 Å². The number of carboxylic acid groups (broad SMARTS) is 1. The molecular weight excluding hydrogens is 446 g/mol. The van der Waals surface area contributed by atoms with E-state index in [9.17, 15) is 14.7 Å².